The van der Waals surface area contributed by atoms with E-state index in [0.29, 0.717) is 5.88 Å². The second kappa shape index (κ2) is 5.37. The number of aromatic nitrogens is 1. The summed E-state index contributed by atoms with van der Waals surface area (Å²) >= 11 is 8.09. The van der Waals surface area contributed by atoms with Crippen LogP contribution in [0.15, 0.2) is 30.3 Å². The van der Waals surface area contributed by atoms with Crippen LogP contribution in [0, 0.1) is 0 Å². The van der Waals surface area contributed by atoms with Crippen molar-refractivity contribution in [3.63, 3.8) is 0 Å². The third-order valence-electron chi connectivity index (χ3n) is 3.23. The lowest BCUT2D eigenvalue weighted by Gasteiger charge is -2.29. The molecule has 0 amide bonds. The molecule has 94 valence electrons. The number of anilines is 1. The van der Waals surface area contributed by atoms with Crippen LogP contribution < -0.4 is 4.90 Å². The van der Waals surface area contributed by atoms with E-state index in [-0.39, 0.29) is 0 Å². The quantitative estimate of drug-likeness (QED) is 0.782. The minimum absolute atomic E-state index is 0.525. The highest BCUT2D eigenvalue weighted by Crippen LogP contribution is 2.26. The first kappa shape index (κ1) is 12.1. The van der Waals surface area contributed by atoms with Gasteiger partial charge in [-0.15, -0.1) is 11.6 Å². The van der Waals surface area contributed by atoms with E-state index in [2.05, 4.69) is 23.1 Å². The Morgan fingerprint density at radius 1 is 1.22 bits per heavy atom. The van der Waals surface area contributed by atoms with Crippen LogP contribution in [-0.2, 0) is 5.88 Å². The Morgan fingerprint density at radius 3 is 2.78 bits per heavy atom. The molecule has 0 saturated carbocycles. The Hall–Kier alpha value is -0.930. The molecular formula is C14H15ClN2S. The lowest BCUT2D eigenvalue weighted by molar-refractivity contribution is 0.836. The van der Waals surface area contributed by atoms with Crippen molar-refractivity contribution in [2.24, 2.45) is 0 Å². The molecule has 1 fully saturated rings. The van der Waals surface area contributed by atoms with Gasteiger partial charge in [0.15, 0.2) is 0 Å². The summed E-state index contributed by atoms with van der Waals surface area (Å²) in [6, 6.07) is 10.4. The predicted molar refractivity (Wildman–Crippen MR) is 80.8 cm³/mol. The summed E-state index contributed by atoms with van der Waals surface area (Å²) in [4.78, 5) is 7.16. The molecule has 2 heterocycles. The van der Waals surface area contributed by atoms with Crippen molar-refractivity contribution in [2.45, 2.75) is 5.88 Å². The fourth-order valence-electron chi connectivity index (χ4n) is 2.30. The summed E-state index contributed by atoms with van der Waals surface area (Å²) in [6.45, 7) is 2.14. The minimum atomic E-state index is 0.525. The molecular weight excluding hydrogens is 264 g/mol. The number of para-hydroxylation sites is 1. The van der Waals surface area contributed by atoms with Gasteiger partial charge in [0, 0.05) is 35.5 Å². The van der Waals surface area contributed by atoms with Crippen molar-refractivity contribution in [2.75, 3.05) is 29.5 Å². The zero-order valence-electron chi connectivity index (χ0n) is 10.1. The Bertz CT molecular complexity index is 552. The molecule has 0 N–H and O–H groups in total. The minimum Gasteiger partial charge on any atom is -0.355 e. The number of hydrogen-bond acceptors (Lipinski definition) is 3. The lowest BCUT2D eigenvalue weighted by atomic mass is 10.1. The molecule has 3 rings (SSSR count). The van der Waals surface area contributed by atoms with Crippen molar-refractivity contribution < 1.29 is 0 Å². The van der Waals surface area contributed by atoms with Crippen molar-refractivity contribution in [3.05, 3.63) is 35.9 Å². The van der Waals surface area contributed by atoms with E-state index in [1.165, 1.54) is 16.9 Å². The average Bonchev–Trinajstić information content (AvgIpc) is 2.46. The van der Waals surface area contributed by atoms with Crippen molar-refractivity contribution in [3.8, 4) is 0 Å². The molecule has 1 aromatic carbocycles. The molecule has 0 unspecified atom stereocenters. The maximum absolute atomic E-state index is 6.08. The summed E-state index contributed by atoms with van der Waals surface area (Å²) in [5.74, 6) is 3.95. The largest absolute Gasteiger partial charge is 0.355 e. The standard InChI is InChI=1S/C14H15ClN2S/c15-10-12-9-11-3-1-2-4-13(11)16-14(12)17-5-7-18-8-6-17/h1-4,9H,5-8,10H2. The van der Waals surface area contributed by atoms with Gasteiger partial charge < -0.3 is 4.90 Å². The van der Waals surface area contributed by atoms with Crippen molar-refractivity contribution >= 4 is 40.1 Å². The first-order valence-electron chi connectivity index (χ1n) is 6.16. The first-order chi connectivity index (χ1) is 8.88. The monoisotopic (exact) mass is 278 g/mol. The van der Waals surface area contributed by atoms with Crippen LogP contribution in [-0.4, -0.2) is 29.6 Å². The molecule has 4 heteroatoms. The Balaban J connectivity index is 2.08. The van der Waals surface area contributed by atoms with Gasteiger partial charge in [0.2, 0.25) is 0 Å². The molecule has 2 nitrogen and oxygen atoms in total. The number of hydrogen-bond donors (Lipinski definition) is 0. The number of rotatable bonds is 2. The fourth-order valence-corrected chi connectivity index (χ4v) is 3.40. The van der Waals surface area contributed by atoms with Gasteiger partial charge in [0.05, 0.1) is 11.4 Å². The highest BCUT2D eigenvalue weighted by atomic mass is 35.5. The topological polar surface area (TPSA) is 16.1 Å². The number of pyridine rings is 1. The molecule has 18 heavy (non-hydrogen) atoms. The Morgan fingerprint density at radius 2 is 2.00 bits per heavy atom. The number of alkyl halides is 1. The SMILES string of the molecule is ClCc1cc2ccccc2nc1N1CCSCC1. The summed E-state index contributed by atoms with van der Waals surface area (Å²) in [6.07, 6.45) is 0. The third-order valence-corrected chi connectivity index (χ3v) is 4.47. The van der Waals surface area contributed by atoms with Crippen LogP contribution in [0.2, 0.25) is 0 Å². The molecule has 1 saturated heterocycles. The Labute approximate surface area is 116 Å². The summed E-state index contributed by atoms with van der Waals surface area (Å²) < 4.78 is 0. The van der Waals surface area contributed by atoms with E-state index in [0.717, 1.165) is 30.0 Å². The van der Waals surface area contributed by atoms with Crippen LogP contribution in [0.4, 0.5) is 5.82 Å². The molecule has 0 radical (unpaired) electrons. The average molecular weight is 279 g/mol. The normalized spacial score (nSPS) is 16.2. The van der Waals surface area contributed by atoms with Crippen LogP contribution in [0.25, 0.3) is 10.9 Å². The van der Waals surface area contributed by atoms with Crippen molar-refractivity contribution in [1.29, 1.82) is 0 Å². The molecule has 1 aromatic heterocycles. The van der Waals surface area contributed by atoms with Gasteiger partial charge in [-0.1, -0.05) is 18.2 Å². The molecule has 2 aromatic rings. The smallest absolute Gasteiger partial charge is 0.133 e. The van der Waals surface area contributed by atoms with Gasteiger partial charge in [-0.2, -0.15) is 11.8 Å². The zero-order valence-corrected chi connectivity index (χ0v) is 11.7. The van der Waals surface area contributed by atoms with E-state index in [9.17, 15) is 0 Å². The zero-order chi connectivity index (χ0) is 12.4. The summed E-state index contributed by atoms with van der Waals surface area (Å²) in [7, 11) is 0. The van der Waals surface area contributed by atoms with Gasteiger partial charge in [-0.3, -0.25) is 0 Å². The number of fused-ring (bicyclic) bond motifs is 1. The summed E-state index contributed by atoms with van der Waals surface area (Å²) in [5, 5.41) is 1.17. The number of benzene rings is 1. The second-order valence-corrected chi connectivity index (χ2v) is 5.89. The van der Waals surface area contributed by atoms with E-state index in [1.54, 1.807) is 0 Å². The molecule has 0 aliphatic carbocycles. The highest BCUT2D eigenvalue weighted by Gasteiger charge is 2.16. The van der Waals surface area contributed by atoms with E-state index >= 15 is 0 Å². The van der Waals surface area contributed by atoms with Gasteiger partial charge >= 0.3 is 0 Å². The molecule has 1 aliphatic heterocycles. The fraction of sp³-hybridized carbons (Fsp3) is 0.357. The second-order valence-electron chi connectivity index (χ2n) is 4.40. The molecule has 0 spiro atoms. The first-order valence-corrected chi connectivity index (χ1v) is 7.85. The van der Waals surface area contributed by atoms with Crippen LogP contribution in [0.5, 0.6) is 0 Å². The maximum Gasteiger partial charge on any atom is 0.133 e. The van der Waals surface area contributed by atoms with Crippen LogP contribution in [0.1, 0.15) is 5.56 Å². The van der Waals surface area contributed by atoms with E-state index in [4.69, 9.17) is 16.6 Å². The number of halogens is 1. The maximum atomic E-state index is 6.08. The third kappa shape index (κ3) is 2.29. The lowest BCUT2D eigenvalue weighted by Crippen LogP contribution is -2.33. The molecule has 0 atom stereocenters. The van der Waals surface area contributed by atoms with Gasteiger partial charge in [-0.25, -0.2) is 4.98 Å². The Kier molecular flexibility index (Phi) is 3.62. The van der Waals surface area contributed by atoms with Crippen LogP contribution >= 0.6 is 23.4 Å². The number of nitrogens with zero attached hydrogens (tertiary/aromatic N) is 2. The molecule has 1 aliphatic rings. The van der Waals surface area contributed by atoms with Gasteiger partial charge in [-0.05, 0) is 12.1 Å². The number of thioether (sulfide) groups is 1. The highest BCUT2D eigenvalue weighted by molar-refractivity contribution is 7.99. The van der Waals surface area contributed by atoms with Gasteiger partial charge in [0.1, 0.15) is 5.82 Å². The van der Waals surface area contributed by atoms with Gasteiger partial charge in [0.25, 0.3) is 0 Å². The van der Waals surface area contributed by atoms with E-state index < -0.39 is 0 Å². The van der Waals surface area contributed by atoms with Crippen LogP contribution in [0.3, 0.4) is 0 Å². The predicted octanol–water partition coefficient (Wildman–Crippen LogP) is 3.53. The molecule has 0 bridgehead atoms. The summed E-state index contributed by atoms with van der Waals surface area (Å²) in [5.41, 5.74) is 2.20. The van der Waals surface area contributed by atoms with Crippen molar-refractivity contribution in [1.82, 2.24) is 4.98 Å². The van der Waals surface area contributed by atoms with E-state index in [1.807, 2.05) is 23.9 Å².